The monoisotopic (exact) mass is 318 g/mol. The van der Waals surface area contributed by atoms with Crippen molar-refractivity contribution in [1.29, 1.82) is 0 Å². The minimum Gasteiger partial charge on any atom is -0.289 e. The van der Waals surface area contributed by atoms with E-state index in [0.29, 0.717) is 0 Å². The Hall–Kier alpha value is -2.24. The Morgan fingerprint density at radius 3 is 1.87 bits per heavy atom. The molecule has 3 rings (SSSR count). The predicted molar refractivity (Wildman–Crippen MR) is 100 cm³/mol. The molecule has 114 valence electrons. The molecule has 1 atom stereocenters. The minimum absolute atomic E-state index is 0.164. The van der Waals surface area contributed by atoms with Gasteiger partial charge in [-0.15, -0.1) is 0 Å². The summed E-state index contributed by atoms with van der Waals surface area (Å²) in [5.41, 5.74) is 5.58. The molecule has 0 amide bonds. The Balaban J connectivity index is 1.80. The molecule has 0 N–H and O–H groups in total. The quantitative estimate of drug-likeness (QED) is 0.611. The van der Waals surface area contributed by atoms with Crippen LogP contribution in [0.3, 0.4) is 0 Å². The van der Waals surface area contributed by atoms with E-state index in [2.05, 4.69) is 36.4 Å². The number of rotatable bonds is 4. The fraction of sp³-hybridized carbons (Fsp3) is 0.0952. The lowest BCUT2D eigenvalue weighted by molar-refractivity contribution is 0.108. The van der Waals surface area contributed by atoms with Crippen molar-refractivity contribution in [3.63, 3.8) is 0 Å². The summed E-state index contributed by atoms with van der Waals surface area (Å²) < 4.78 is 0. The van der Waals surface area contributed by atoms with Crippen molar-refractivity contribution in [1.82, 2.24) is 0 Å². The van der Waals surface area contributed by atoms with Crippen LogP contribution in [0.25, 0.3) is 11.1 Å². The maximum atomic E-state index is 12.6. The van der Waals surface area contributed by atoms with Gasteiger partial charge in [-0.25, -0.2) is 0 Å². The molecule has 0 bridgehead atoms. The van der Waals surface area contributed by atoms with Crippen LogP contribution in [0.4, 0.5) is 0 Å². The SMILES string of the molecule is Cc1cccc(C)c1C(=O)Pc1ccc(-c2ccccc2)cc1. The van der Waals surface area contributed by atoms with E-state index in [1.807, 2.05) is 50.2 Å². The highest BCUT2D eigenvalue weighted by molar-refractivity contribution is 7.66. The Bertz CT molecular complexity index is 800. The van der Waals surface area contributed by atoms with Gasteiger partial charge in [0, 0.05) is 5.56 Å². The zero-order valence-corrected chi connectivity index (χ0v) is 14.3. The standard InChI is InChI=1S/C21H19OP/c1-15-7-6-8-16(2)20(15)21(22)23-19-13-11-18(12-14-19)17-9-4-3-5-10-17/h3-14,23H,1-2H3. The minimum atomic E-state index is 0.164. The number of benzene rings is 3. The number of aryl methyl sites for hydroxylation is 2. The summed E-state index contributed by atoms with van der Waals surface area (Å²) in [6.07, 6.45) is 0. The van der Waals surface area contributed by atoms with E-state index in [-0.39, 0.29) is 14.1 Å². The molecule has 0 aliphatic rings. The fourth-order valence-electron chi connectivity index (χ4n) is 2.74. The van der Waals surface area contributed by atoms with Gasteiger partial charge in [-0.3, -0.25) is 4.79 Å². The van der Waals surface area contributed by atoms with Crippen molar-refractivity contribution in [3.8, 4) is 11.1 Å². The van der Waals surface area contributed by atoms with Crippen LogP contribution in [0.2, 0.25) is 0 Å². The van der Waals surface area contributed by atoms with Crippen LogP contribution >= 0.6 is 8.58 Å². The number of hydrogen-bond donors (Lipinski definition) is 0. The molecular formula is C21H19OP. The van der Waals surface area contributed by atoms with Gasteiger partial charge in [0.05, 0.1) is 0 Å². The summed E-state index contributed by atoms with van der Waals surface area (Å²) in [6, 6.07) is 24.6. The Kier molecular flexibility index (Phi) is 4.69. The molecule has 0 spiro atoms. The molecule has 0 radical (unpaired) electrons. The zero-order valence-electron chi connectivity index (χ0n) is 13.3. The van der Waals surface area contributed by atoms with Crippen LogP contribution in [0.15, 0.2) is 72.8 Å². The molecule has 0 saturated heterocycles. The van der Waals surface area contributed by atoms with Crippen molar-refractivity contribution < 1.29 is 4.79 Å². The Morgan fingerprint density at radius 2 is 1.26 bits per heavy atom. The summed E-state index contributed by atoms with van der Waals surface area (Å²) in [7, 11) is 0.164. The Morgan fingerprint density at radius 1 is 0.696 bits per heavy atom. The predicted octanol–water partition coefficient (Wildman–Crippen LogP) is 5.11. The third-order valence-corrected chi connectivity index (χ3v) is 5.06. The second-order valence-electron chi connectivity index (χ2n) is 5.66. The highest BCUT2D eigenvalue weighted by Crippen LogP contribution is 2.25. The van der Waals surface area contributed by atoms with E-state index in [1.165, 1.54) is 11.1 Å². The molecule has 0 aromatic heterocycles. The maximum absolute atomic E-state index is 12.6. The van der Waals surface area contributed by atoms with Crippen LogP contribution < -0.4 is 5.30 Å². The lowest BCUT2D eigenvalue weighted by Gasteiger charge is -2.09. The van der Waals surface area contributed by atoms with Gasteiger partial charge in [0.15, 0.2) is 5.52 Å². The number of carbonyl (C=O) groups is 1. The maximum Gasteiger partial charge on any atom is 0.186 e. The van der Waals surface area contributed by atoms with Gasteiger partial charge < -0.3 is 0 Å². The summed E-state index contributed by atoms with van der Waals surface area (Å²) >= 11 is 0. The largest absolute Gasteiger partial charge is 0.289 e. The van der Waals surface area contributed by atoms with Crippen molar-refractivity contribution in [2.45, 2.75) is 13.8 Å². The van der Waals surface area contributed by atoms with Gasteiger partial charge in [-0.2, -0.15) is 0 Å². The molecule has 23 heavy (non-hydrogen) atoms. The summed E-state index contributed by atoms with van der Waals surface area (Å²) in [4.78, 5) is 12.6. The zero-order chi connectivity index (χ0) is 16.2. The lowest BCUT2D eigenvalue weighted by Crippen LogP contribution is -2.04. The first-order valence-electron chi connectivity index (χ1n) is 7.68. The fourth-order valence-corrected chi connectivity index (χ4v) is 3.86. The molecule has 0 fully saturated rings. The average Bonchev–Trinajstić information content (AvgIpc) is 2.56. The van der Waals surface area contributed by atoms with Gasteiger partial charge in [-0.05, 0) is 50.0 Å². The molecule has 0 aliphatic heterocycles. The van der Waals surface area contributed by atoms with E-state index in [4.69, 9.17) is 0 Å². The van der Waals surface area contributed by atoms with E-state index >= 15 is 0 Å². The van der Waals surface area contributed by atoms with Crippen LogP contribution in [0.5, 0.6) is 0 Å². The first-order valence-corrected chi connectivity index (χ1v) is 8.68. The van der Waals surface area contributed by atoms with Crippen LogP contribution in [-0.4, -0.2) is 5.52 Å². The van der Waals surface area contributed by atoms with Gasteiger partial charge in [0.1, 0.15) is 0 Å². The van der Waals surface area contributed by atoms with Gasteiger partial charge in [0.25, 0.3) is 0 Å². The van der Waals surface area contributed by atoms with Crippen molar-refractivity contribution >= 4 is 19.4 Å². The van der Waals surface area contributed by atoms with Crippen LogP contribution in [0.1, 0.15) is 21.5 Å². The second-order valence-corrected chi connectivity index (χ2v) is 6.95. The Labute approximate surface area is 139 Å². The molecule has 0 aliphatic carbocycles. The average molecular weight is 318 g/mol. The van der Waals surface area contributed by atoms with E-state index < -0.39 is 0 Å². The van der Waals surface area contributed by atoms with Crippen molar-refractivity contribution in [3.05, 3.63) is 89.5 Å². The van der Waals surface area contributed by atoms with Crippen LogP contribution in [0, 0.1) is 13.8 Å². The smallest absolute Gasteiger partial charge is 0.186 e. The number of carbonyl (C=O) groups excluding carboxylic acids is 1. The summed E-state index contributed by atoms with van der Waals surface area (Å²) in [5, 5.41) is 1.08. The topological polar surface area (TPSA) is 17.1 Å². The molecule has 3 aromatic carbocycles. The third-order valence-electron chi connectivity index (χ3n) is 3.96. The molecule has 1 unspecified atom stereocenters. The first-order chi connectivity index (χ1) is 11.1. The van der Waals surface area contributed by atoms with E-state index in [0.717, 1.165) is 22.0 Å². The first kappa shape index (κ1) is 15.6. The van der Waals surface area contributed by atoms with Crippen molar-refractivity contribution in [2.75, 3.05) is 0 Å². The molecule has 0 saturated carbocycles. The normalized spacial score (nSPS) is 11.0. The van der Waals surface area contributed by atoms with Crippen LogP contribution in [-0.2, 0) is 0 Å². The third kappa shape index (κ3) is 3.57. The van der Waals surface area contributed by atoms with Gasteiger partial charge >= 0.3 is 0 Å². The van der Waals surface area contributed by atoms with Gasteiger partial charge in [-0.1, -0.05) is 72.8 Å². The molecule has 0 heterocycles. The molecule has 2 heteroatoms. The number of hydrogen-bond acceptors (Lipinski definition) is 1. The molecule has 1 nitrogen and oxygen atoms in total. The summed E-state index contributed by atoms with van der Waals surface area (Å²) in [6.45, 7) is 4.01. The lowest BCUT2D eigenvalue weighted by atomic mass is 10.0. The second kappa shape index (κ2) is 6.89. The highest BCUT2D eigenvalue weighted by Gasteiger charge is 2.12. The molecular weight excluding hydrogens is 299 g/mol. The van der Waals surface area contributed by atoms with Crippen molar-refractivity contribution in [2.24, 2.45) is 0 Å². The van der Waals surface area contributed by atoms with E-state index in [1.54, 1.807) is 0 Å². The highest BCUT2D eigenvalue weighted by atomic mass is 31.1. The summed E-state index contributed by atoms with van der Waals surface area (Å²) in [5.74, 6) is 0. The van der Waals surface area contributed by atoms with E-state index in [9.17, 15) is 4.79 Å². The molecule has 3 aromatic rings. The van der Waals surface area contributed by atoms with Gasteiger partial charge in [0.2, 0.25) is 0 Å².